The van der Waals surface area contributed by atoms with Crippen molar-refractivity contribution in [2.24, 2.45) is 0 Å². The van der Waals surface area contributed by atoms with E-state index in [1.54, 1.807) is 0 Å². The van der Waals surface area contributed by atoms with Crippen LogP contribution in [0.5, 0.6) is 0 Å². The van der Waals surface area contributed by atoms with Gasteiger partial charge in [0.05, 0.1) is 0 Å². The van der Waals surface area contributed by atoms with Crippen LogP contribution in [0.3, 0.4) is 0 Å². The summed E-state index contributed by atoms with van der Waals surface area (Å²) < 4.78 is 0. The van der Waals surface area contributed by atoms with Crippen molar-refractivity contribution in [1.29, 1.82) is 0 Å². The van der Waals surface area contributed by atoms with Gasteiger partial charge in [-0.3, -0.25) is 0 Å². The van der Waals surface area contributed by atoms with Crippen LogP contribution in [0.4, 0.5) is 0 Å². The fraction of sp³-hybridized carbons (Fsp3) is 0.364. The molecule has 0 N–H and O–H groups in total. The van der Waals surface area contributed by atoms with Crippen LogP contribution in [0.2, 0.25) is 0 Å². The summed E-state index contributed by atoms with van der Waals surface area (Å²) in [4.78, 5) is 0. The summed E-state index contributed by atoms with van der Waals surface area (Å²) in [5.41, 5.74) is 2.38. The Morgan fingerprint density at radius 3 is 1.83 bits per heavy atom. The van der Waals surface area contributed by atoms with E-state index in [9.17, 15) is 0 Å². The topological polar surface area (TPSA) is 0 Å². The van der Waals surface area contributed by atoms with Gasteiger partial charge in [-0.15, -0.1) is 0 Å². The Morgan fingerprint density at radius 1 is 1.08 bits per heavy atom. The molecule has 0 spiro atoms. The van der Waals surface area contributed by atoms with Crippen molar-refractivity contribution in [3.05, 3.63) is 42.4 Å². The molecule has 0 aliphatic heterocycles. The van der Waals surface area contributed by atoms with Crippen LogP contribution in [-0.2, 0) is 0 Å². The first-order valence-electron chi connectivity index (χ1n) is 2.68. The standard InChI is InChI=1S/C8H9.3CH4.Sn/c1-7-5-3-4-6-8(7)2;;;;/h3-6H,1H2,2H3;3*1H4;. The third kappa shape index (κ3) is 6.71. The summed E-state index contributed by atoms with van der Waals surface area (Å²) in [5.74, 6) is 0. The Morgan fingerprint density at radius 2 is 1.58 bits per heavy atom. The first-order valence-corrected chi connectivity index (χ1v) is 2.68. The quantitative estimate of drug-likeness (QED) is 0.588. The summed E-state index contributed by atoms with van der Waals surface area (Å²) >= 11 is 0. The Kier molecular flexibility index (Phi) is 20.8. The monoisotopic (exact) mass is 273 g/mol. The van der Waals surface area contributed by atoms with Crippen LogP contribution in [0, 0.1) is 6.42 Å². The molecule has 0 amide bonds. The van der Waals surface area contributed by atoms with Crippen molar-refractivity contribution < 1.29 is 0 Å². The average molecular weight is 272 g/mol. The molecule has 1 rings (SSSR count). The minimum absolute atomic E-state index is 0. The Labute approximate surface area is 95.4 Å². The fourth-order valence-corrected chi connectivity index (χ4v) is 0.610. The molecule has 1 aliphatic carbocycles. The van der Waals surface area contributed by atoms with Crippen molar-refractivity contribution in [3.8, 4) is 0 Å². The molecule has 0 aromatic heterocycles. The minimum Gasteiger partial charge on any atom is -0.0949 e. The van der Waals surface area contributed by atoms with Gasteiger partial charge in [-0.25, -0.2) is 0 Å². The van der Waals surface area contributed by atoms with E-state index in [4.69, 9.17) is 0 Å². The van der Waals surface area contributed by atoms with E-state index in [0.29, 0.717) is 0 Å². The Bertz CT molecular complexity index is 164. The second-order valence-corrected chi connectivity index (χ2v) is 1.93. The summed E-state index contributed by atoms with van der Waals surface area (Å²) in [7, 11) is 0. The van der Waals surface area contributed by atoms with E-state index < -0.39 is 0 Å². The molecule has 0 fully saturated rings. The maximum Gasteiger partial charge on any atom is 0.0121 e. The largest absolute Gasteiger partial charge is 0.0949 e. The summed E-state index contributed by atoms with van der Waals surface area (Å²) in [5, 5.41) is 0. The summed E-state index contributed by atoms with van der Waals surface area (Å²) in [6.07, 6.45) is 8.08. The van der Waals surface area contributed by atoms with Crippen LogP contribution in [0.1, 0.15) is 29.2 Å². The Hall–Kier alpha value is 0.0187. The smallest absolute Gasteiger partial charge is 0.0121 e. The van der Waals surface area contributed by atoms with E-state index in [1.807, 2.05) is 18.6 Å². The first-order chi connectivity index (χ1) is 3.80. The predicted octanol–water partition coefficient (Wildman–Crippen LogP) is 3.79. The zero-order chi connectivity index (χ0) is 5.98. The van der Waals surface area contributed by atoms with Crippen LogP contribution in [0.15, 0.2) is 36.0 Å². The van der Waals surface area contributed by atoms with Gasteiger partial charge in [0.25, 0.3) is 0 Å². The van der Waals surface area contributed by atoms with E-state index in [2.05, 4.69) is 19.6 Å². The van der Waals surface area contributed by atoms with Gasteiger partial charge in [-0.05, 0) is 18.1 Å². The molecule has 0 unspecified atom stereocenters. The fourth-order valence-electron chi connectivity index (χ4n) is 0.610. The van der Waals surface area contributed by atoms with E-state index >= 15 is 0 Å². The summed E-state index contributed by atoms with van der Waals surface area (Å²) in [6.45, 7) is 5.88. The van der Waals surface area contributed by atoms with E-state index in [0.717, 1.165) is 5.57 Å². The van der Waals surface area contributed by atoms with E-state index in [-0.39, 0.29) is 46.2 Å². The molecule has 0 bridgehead atoms. The third-order valence-electron chi connectivity index (χ3n) is 1.26. The van der Waals surface area contributed by atoms with Crippen molar-refractivity contribution in [1.82, 2.24) is 0 Å². The van der Waals surface area contributed by atoms with Gasteiger partial charge in [0.2, 0.25) is 0 Å². The number of hydrogen-bond donors (Lipinski definition) is 0. The van der Waals surface area contributed by atoms with Crippen molar-refractivity contribution in [3.63, 3.8) is 0 Å². The summed E-state index contributed by atoms with van der Waals surface area (Å²) in [6, 6.07) is 0. The molecule has 1 aliphatic rings. The number of allylic oxidation sites excluding steroid dienone is 5. The third-order valence-corrected chi connectivity index (χ3v) is 1.26. The molecule has 0 heterocycles. The van der Waals surface area contributed by atoms with E-state index in [1.165, 1.54) is 5.57 Å². The molecular weight excluding hydrogens is 251 g/mol. The maximum atomic E-state index is 3.82. The second kappa shape index (κ2) is 11.0. The Balaban J connectivity index is -0.0000000800. The average Bonchev–Trinajstić information content (AvgIpc) is 1.77. The molecule has 1 heteroatoms. The van der Waals surface area contributed by atoms with Crippen molar-refractivity contribution >= 4 is 23.9 Å². The van der Waals surface area contributed by atoms with Gasteiger partial charge in [0, 0.05) is 30.3 Å². The van der Waals surface area contributed by atoms with Gasteiger partial charge in [0.15, 0.2) is 0 Å². The normalized spacial score (nSPS) is 12.4. The number of hydrogen-bond acceptors (Lipinski definition) is 0. The van der Waals surface area contributed by atoms with Crippen LogP contribution >= 0.6 is 0 Å². The zero-order valence-corrected chi connectivity index (χ0v) is 8.37. The molecule has 69 valence electrons. The molecule has 0 atom stereocenters. The van der Waals surface area contributed by atoms with Gasteiger partial charge in [-0.1, -0.05) is 47.1 Å². The van der Waals surface area contributed by atoms with Gasteiger partial charge in [-0.2, -0.15) is 0 Å². The first kappa shape index (κ1) is 22.7. The molecular formula is C11H21Sn. The van der Waals surface area contributed by atoms with Gasteiger partial charge in [0.1, 0.15) is 0 Å². The zero-order valence-electron chi connectivity index (χ0n) is 5.52. The molecule has 5 radical (unpaired) electrons. The van der Waals surface area contributed by atoms with Crippen LogP contribution in [-0.4, -0.2) is 23.9 Å². The molecule has 12 heavy (non-hydrogen) atoms. The van der Waals surface area contributed by atoms with Crippen LogP contribution < -0.4 is 0 Å². The second-order valence-electron chi connectivity index (χ2n) is 1.93. The molecule has 0 nitrogen and oxygen atoms in total. The predicted molar refractivity (Wildman–Crippen MR) is 62.3 cm³/mol. The number of rotatable bonds is 0. The van der Waals surface area contributed by atoms with Crippen LogP contribution in [0.25, 0.3) is 0 Å². The minimum atomic E-state index is 0. The molecule has 0 aromatic carbocycles. The molecule has 0 saturated carbocycles. The maximum absolute atomic E-state index is 3.82. The SMILES string of the molecule is C.C.C.C=C1[CH]C=CC=C1C.[Sn]. The molecule has 0 aromatic rings. The molecule has 0 saturated heterocycles. The van der Waals surface area contributed by atoms with Gasteiger partial charge < -0.3 is 0 Å². The van der Waals surface area contributed by atoms with Gasteiger partial charge >= 0.3 is 0 Å². The van der Waals surface area contributed by atoms with Crippen molar-refractivity contribution in [2.75, 3.05) is 0 Å². The van der Waals surface area contributed by atoms with Crippen molar-refractivity contribution in [2.45, 2.75) is 29.2 Å².